The molecule has 2 aromatic rings. The first kappa shape index (κ1) is 9.55. The molecule has 0 bridgehead atoms. The van der Waals surface area contributed by atoms with E-state index in [2.05, 4.69) is 10.5 Å². The number of anilines is 1. The molecule has 0 aromatic carbocycles. The summed E-state index contributed by atoms with van der Waals surface area (Å²) in [5, 5.41) is 6.97. The molecule has 0 radical (unpaired) electrons. The summed E-state index contributed by atoms with van der Waals surface area (Å²) in [4.78, 5) is 1.18. The van der Waals surface area contributed by atoms with Crippen LogP contribution in [0, 0.1) is 6.92 Å². The highest BCUT2D eigenvalue weighted by Gasteiger charge is 2.01. The van der Waals surface area contributed by atoms with E-state index in [1.165, 1.54) is 4.88 Å². The van der Waals surface area contributed by atoms with Crippen LogP contribution < -0.4 is 5.32 Å². The van der Waals surface area contributed by atoms with Crippen LogP contribution >= 0.6 is 22.9 Å². The van der Waals surface area contributed by atoms with Crippen LogP contribution in [0.5, 0.6) is 0 Å². The van der Waals surface area contributed by atoms with Gasteiger partial charge < -0.3 is 9.84 Å². The second kappa shape index (κ2) is 4.02. The number of nitrogens with zero attached hydrogens (tertiary/aromatic N) is 1. The van der Waals surface area contributed by atoms with Crippen molar-refractivity contribution in [3.63, 3.8) is 0 Å². The molecular weight excluding hydrogens is 220 g/mol. The molecule has 0 aliphatic carbocycles. The van der Waals surface area contributed by atoms with Crippen LogP contribution in [0.1, 0.15) is 10.6 Å². The van der Waals surface area contributed by atoms with E-state index in [0.717, 1.165) is 22.5 Å². The van der Waals surface area contributed by atoms with Gasteiger partial charge in [-0.05, 0) is 19.1 Å². The topological polar surface area (TPSA) is 38.1 Å². The first-order valence-electron chi connectivity index (χ1n) is 4.15. The highest BCUT2D eigenvalue weighted by molar-refractivity contribution is 7.16. The predicted molar refractivity (Wildman–Crippen MR) is 57.9 cm³/mol. The molecule has 0 spiro atoms. The van der Waals surface area contributed by atoms with Crippen molar-refractivity contribution in [2.24, 2.45) is 0 Å². The van der Waals surface area contributed by atoms with Crippen molar-refractivity contribution in [1.29, 1.82) is 0 Å². The molecule has 5 heteroatoms. The van der Waals surface area contributed by atoms with Crippen LogP contribution in [0.15, 0.2) is 22.7 Å². The van der Waals surface area contributed by atoms with Gasteiger partial charge in [0.25, 0.3) is 0 Å². The highest BCUT2D eigenvalue weighted by Crippen LogP contribution is 2.22. The predicted octanol–water partition coefficient (Wildman–Crippen LogP) is 3.31. The van der Waals surface area contributed by atoms with E-state index in [0.29, 0.717) is 0 Å². The summed E-state index contributed by atoms with van der Waals surface area (Å²) in [5.41, 5.74) is 0. The average Bonchev–Trinajstić information content (AvgIpc) is 2.72. The lowest BCUT2D eigenvalue weighted by molar-refractivity contribution is 0.399. The fraction of sp³-hybridized carbons (Fsp3) is 0.222. The van der Waals surface area contributed by atoms with Gasteiger partial charge in [0, 0.05) is 10.9 Å². The summed E-state index contributed by atoms with van der Waals surface area (Å²) in [6.45, 7) is 2.59. The molecule has 2 heterocycles. The maximum atomic E-state index is 5.80. The molecule has 0 amide bonds. The molecular formula is C9H9ClN2OS. The zero-order chi connectivity index (χ0) is 9.97. The monoisotopic (exact) mass is 228 g/mol. The van der Waals surface area contributed by atoms with Crippen molar-refractivity contribution >= 4 is 28.8 Å². The van der Waals surface area contributed by atoms with E-state index in [4.69, 9.17) is 16.1 Å². The Balaban J connectivity index is 1.94. The number of thiophene rings is 1. The minimum Gasteiger partial charge on any atom is -0.362 e. The summed E-state index contributed by atoms with van der Waals surface area (Å²) in [6.07, 6.45) is 0. The summed E-state index contributed by atoms with van der Waals surface area (Å²) < 4.78 is 5.73. The summed E-state index contributed by atoms with van der Waals surface area (Å²) in [6, 6.07) is 5.74. The third kappa shape index (κ3) is 2.27. The molecule has 0 aliphatic rings. The maximum Gasteiger partial charge on any atom is 0.169 e. The SMILES string of the molecule is Cc1cc(NCc2ccc(Cl)s2)no1. The van der Waals surface area contributed by atoms with E-state index in [1.54, 1.807) is 11.3 Å². The van der Waals surface area contributed by atoms with Crippen LogP contribution in [0.25, 0.3) is 0 Å². The molecule has 3 nitrogen and oxygen atoms in total. The van der Waals surface area contributed by atoms with Crippen LogP contribution in [0.4, 0.5) is 5.82 Å². The van der Waals surface area contributed by atoms with Gasteiger partial charge in [0.1, 0.15) is 5.76 Å². The molecule has 0 aliphatic heterocycles. The minimum absolute atomic E-state index is 0.726. The molecule has 0 saturated carbocycles. The van der Waals surface area contributed by atoms with Crippen LogP contribution in [0.3, 0.4) is 0 Å². The fourth-order valence-electron chi connectivity index (χ4n) is 1.07. The van der Waals surface area contributed by atoms with E-state index in [1.807, 2.05) is 25.1 Å². The van der Waals surface area contributed by atoms with Gasteiger partial charge in [0.2, 0.25) is 0 Å². The van der Waals surface area contributed by atoms with E-state index < -0.39 is 0 Å². The molecule has 14 heavy (non-hydrogen) atoms. The third-order valence-corrected chi connectivity index (χ3v) is 2.93. The molecule has 1 N–H and O–H groups in total. The Bertz CT molecular complexity index is 384. The smallest absolute Gasteiger partial charge is 0.169 e. The normalized spacial score (nSPS) is 10.4. The lowest BCUT2D eigenvalue weighted by atomic mass is 10.4. The Kier molecular flexibility index (Phi) is 2.74. The molecule has 0 fully saturated rings. The Morgan fingerprint density at radius 1 is 1.57 bits per heavy atom. The Labute approximate surface area is 90.7 Å². The van der Waals surface area contributed by atoms with Crippen molar-refractivity contribution in [3.8, 4) is 0 Å². The second-order valence-electron chi connectivity index (χ2n) is 2.88. The molecule has 74 valence electrons. The number of halogens is 1. The van der Waals surface area contributed by atoms with Gasteiger partial charge in [0.05, 0.1) is 10.9 Å². The number of rotatable bonds is 3. The van der Waals surface area contributed by atoms with Crippen LogP contribution in [0.2, 0.25) is 4.34 Å². The van der Waals surface area contributed by atoms with Gasteiger partial charge in [-0.1, -0.05) is 16.8 Å². The minimum atomic E-state index is 0.726. The van der Waals surface area contributed by atoms with Crippen LogP contribution in [-0.4, -0.2) is 5.16 Å². The summed E-state index contributed by atoms with van der Waals surface area (Å²) >= 11 is 7.36. The highest BCUT2D eigenvalue weighted by atomic mass is 35.5. The summed E-state index contributed by atoms with van der Waals surface area (Å²) in [5.74, 6) is 1.56. The lowest BCUT2D eigenvalue weighted by Crippen LogP contribution is -1.96. The van der Waals surface area contributed by atoms with Crippen LogP contribution in [-0.2, 0) is 6.54 Å². The fourth-order valence-corrected chi connectivity index (χ4v) is 2.10. The zero-order valence-corrected chi connectivity index (χ0v) is 9.15. The van der Waals surface area contributed by atoms with Crippen molar-refractivity contribution in [2.75, 3.05) is 5.32 Å². The van der Waals surface area contributed by atoms with Crippen molar-refractivity contribution in [1.82, 2.24) is 5.16 Å². The second-order valence-corrected chi connectivity index (χ2v) is 4.68. The number of aryl methyl sites for hydroxylation is 1. The first-order valence-corrected chi connectivity index (χ1v) is 5.35. The van der Waals surface area contributed by atoms with Crippen molar-refractivity contribution < 1.29 is 4.52 Å². The van der Waals surface area contributed by atoms with Gasteiger partial charge in [-0.3, -0.25) is 0 Å². The Morgan fingerprint density at radius 2 is 2.43 bits per heavy atom. The quantitative estimate of drug-likeness (QED) is 0.876. The largest absolute Gasteiger partial charge is 0.362 e. The Hall–Kier alpha value is -1.00. The molecule has 2 aromatic heterocycles. The molecule has 0 unspecified atom stereocenters. The number of aromatic nitrogens is 1. The molecule has 0 atom stereocenters. The van der Waals surface area contributed by atoms with E-state index in [-0.39, 0.29) is 0 Å². The third-order valence-electron chi connectivity index (χ3n) is 1.70. The number of nitrogens with one attached hydrogen (secondary N) is 1. The van der Waals surface area contributed by atoms with E-state index >= 15 is 0 Å². The lowest BCUT2D eigenvalue weighted by Gasteiger charge is -1.97. The van der Waals surface area contributed by atoms with Gasteiger partial charge in [-0.25, -0.2) is 0 Å². The van der Waals surface area contributed by atoms with Gasteiger partial charge >= 0.3 is 0 Å². The van der Waals surface area contributed by atoms with Crippen molar-refractivity contribution in [2.45, 2.75) is 13.5 Å². The molecule has 0 saturated heterocycles. The van der Waals surface area contributed by atoms with E-state index in [9.17, 15) is 0 Å². The first-order chi connectivity index (χ1) is 6.74. The number of hydrogen-bond donors (Lipinski definition) is 1. The van der Waals surface area contributed by atoms with Gasteiger partial charge in [-0.2, -0.15) is 0 Å². The summed E-state index contributed by atoms with van der Waals surface area (Å²) in [7, 11) is 0. The standard InChI is InChI=1S/C9H9ClN2OS/c1-6-4-9(12-13-6)11-5-7-2-3-8(10)14-7/h2-4H,5H2,1H3,(H,11,12). The zero-order valence-electron chi connectivity index (χ0n) is 7.58. The Morgan fingerprint density at radius 3 is 3.00 bits per heavy atom. The van der Waals surface area contributed by atoms with Gasteiger partial charge in [0.15, 0.2) is 5.82 Å². The number of hydrogen-bond acceptors (Lipinski definition) is 4. The van der Waals surface area contributed by atoms with Crippen molar-refractivity contribution in [3.05, 3.63) is 33.2 Å². The average molecular weight is 229 g/mol. The maximum absolute atomic E-state index is 5.80. The molecule has 2 rings (SSSR count). The van der Waals surface area contributed by atoms with Gasteiger partial charge in [-0.15, -0.1) is 11.3 Å².